The minimum Gasteiger partial charge on any atom is -0.452 e. The average Bonchev–Trinajstić information content (AvgIpc) is 2.62. The predicted molar refractivity (Wildman–Crippen MR) is 91.2 cm³/mol. The Labute approximate surface area is 146 Å². The van der Waals surface area contributed by atoms with E-state index in [4.69, 9.17) is 4.74 Å². The topological polar surface area (TPSA) is 46.6 Å². The van der Waals surface area contributed by atoms with Crippen LogP contribution in [0.25, 0.3) is 0 Å². The zero-order valence-corrected chi connectivity index (χ0v) is 14.1. The SMILES string of the molecule is C[C@@H](OC(=O)Cc1ccc(F)cc1)C(=O)N1CCc2ccccc2C1. The van der Waals surface area contributed by atoms with Crippen LogP contribution in [0.5, 0.6) is 0 Å². The molecule has 5 heteroatoms. The lowest BCUT2D eigenvalue weighted by Gasteiger charge is -2.30. The number of fused-ring (bicyclic) bond motifs is 1. The van der Waals surface area contributed by atoms with Crippen molar-refractivity contribution in [3.63, 3.8) is 0 Å². The zero-order valence-electron chi connectivity index (χ0n) is 14.1. The predicted octanol–water partition coefficient (Wildman–Crippen LogP) is 2.88. The molecule has 0 saturated carbocycles. The highest BCUT2D eigenvalue weighted by Crippen LogP contribution is 2.19. The largest absolute Gasteiger partial charge is 0.452 e. The van der Waals surface area contributed by atoms with Gasteiger partial charge in [-0.15, -0.1) is 0 Å². The number of carbonyl (C=O) groups excluding carboxylic acids is 2. The molecule has 0 unspecified atom stereocenters. The molecule has 2 aromatic rings. The minimum atomic E-state index is -0.835. The summed E-state index contributed by atoms with van der Waals surface area (Å²) < 4.78 is 18.1. The van der Waals surface area contributed by atoms with E-state index in [9.17, 15) is 14.0 Å². The molecule has 0 aliphatic carbocycles. The molecular weight excluding hydrogens is 321 g/mol. The maximum Gasteiger partial charge on any atom is 0.311 e. The Kier molecular flexibility index (Phi) is 5.12. The monoisotopic (exact) mass is 341 g/mol. The lowest BCUT2D eigenvalue weighted by atomic mass is 9.99. The van der Waals surface area contributed by atoms with Crippen LogP contribution in [0.4, 0.5) is 4.39 Å². The van der Waals surface area contributed by atoms with Gasteiger partial charge in [0, 0.05) is 13.1 Å². The van der Waals surface area contributed by atoms with Crippen LogP contribution in [0, 0.1) is 5.82 Å². The van der Waals surface area contributed by atoms with Gasteiger partial charge in [-0.05, 0) is 42.2 Å². The van der Waals surface area contributed by atoms with Crippen LogP contribution >= 0.6 is 0 Å². The van der Waals surface area contributed by atoms with E-state index >= 15 is 0 Å². The number of nitrogens with zero attached hydrogens (tertiary/aromatic N) is 1. The Bertz CT molecular complexity index is 773. The normalized spacial score (nSPS) is 14.6. The molecule has 1 aliphatic heterocycles. The number of amides is 1. The molecule has 1 heterocycles. The number of benzene rings is 2. The van der Waals surface area contributed by atoms with E-state index in [0.717, 1.165) is 12.0 Å². The molecule has 1 aliphatic rings. The minimum absolute atomic E-state index is 0.0146. The average molecular weight is 341 g/mol. The molecule has 3 rings (SSSR count). The van der Waals surface area contributed by atoms with Crippen molar-refractivity contribution in [2.45, 2.75) is 32.4 Å². The molecular formula is C20H20FNO3. The van der Waals surface area contributed by atoms with Gasteiger partial charge in [0.05, 0.1) is 6.42 Å². The fraction of sp³-hybridized carbons (Fsp3) is 0.300. The third-order valence-electron chi connectivity index (χ3n) is 4.36. The van der Waals surface area contributed by atoms with Gasteiger partial charge in [0.15, 0.2) is 6.10 Å². The Morgan fingerprint density at radius 3 is 2.52 bits per heavy atom. The van der Waals surface area contributed by atoms with Gasteiger partial charge >= 0.3 is 5.97 Å². The molecule has 0 bridgehead atoms. The first-order valence-electron chi connectivity index (χ1n) is 8.32. The van der Waals surface area contributed by atoms with Crippen LogP contribution in [0.1, 0.15) is 23.6 Å². The lowest BCUT2D eigenvalue weighted by Crippen LogP contribution is -2.42. The molecule has 1 amide bonds. The van der Waals surface area contributed by atoms with Crippen molar-refractivity contribution in [1.29, 1.82) is 0 Å². The maximum atomic E-state index is 12.9. The van der Waals surface area contributed by atoms with Gasteiger partial charge in [0.1, 0.15) is 5.82 Å². The van der Waals surface area contributed by atoms with Crippen molar-refractivity contribution in [2.75, 3.05) is 6.54 Å². The molecule has 0 saturated heterocycles. The van der Waals surface area contributed by atoms with E-state index in [-0.39, 0.29) is 18.1 Å². The molecule has 0 aromatic heterocycles. The van der Waals surface area contributed by atoms with E-state index in [1.807, 2.05) is 18.2 Å². The summed E-state index contributed by atoms with van der Waals surface area (Å²) in [6.45, 7) is 2.75. The van der Waals surface area contributed by atoms with Crippen LogP contribution in [0.15, 0.2) is 48.5 Å². The fourth-order valence-corrected chi connectivity index (χ4v) is 3.00. The zero-order chi connectivity index (χ0) is 17.8. The van der Waals surface area contributed by atoms with Crippen LogP contribution in [-0.2, 0) is 33.7 Å². The van der Waals surface area contributed by atoms with Gasteiger partial charge in [-0.3, -0.25) is 9.59 Å². The standard InChI is InChI=1S/C20H20FNO3/c1-14(25-19(23)12-15-6-8-18(21)9-7-15)20(24)22-11-10-16-4-2-3-5-17(16)13-22/h2-9,14H,10-13H2,1H3/t14-/m1/s1. The molecule has 1 atom stereocenters. The Hall–Kier alpha value is -2.69. The summed E-state index contributed by atoms with van der Waals surface area (Å²) in [5.41, 5.74) is 3.04. The highest BCUT2D eigenvalue weighted by Gasteiger charge is 2.26. The number of hydrogen-bond acceptors (Lipinski definition) is 3. The number of esters is 1. The smallest absolute Gasteiger partial charge is 0.311 e. The van der Waals surface area contributed by atoms with Crippen LogP contribution in [-0.4, -0.2) is 29.4 Å². The molecule has 130 valence electrons. The lowest BCUT2D eigenvalue weighted by molar-refractivity contribution is -0.159. The van der Waals surface area contributed by atoms with E-state index in [1.165, 1.54) is 29.8 Å². The van der Waals surface area contributed by atoms with Gasteiger partial charge in [0.2, 0.25) is 0 Å². The number of hydrogen-bond donors (Lipinski definition) is 0. The van der Waals surface area contributed by atoms with Crippen molar-refractivity contribution in [2.24, 2.45) is 0 Å². The highest BCUT2D eigenvalue weighted by atomic mass is 19.1. The first-order chi connectivity index (χ1) is 12.0. The molecule has 0 N–H and O–H groups in total. The molecule has 0 radical (unpaired) electrons. The van der Waals surface area contributed by atoms with Gasteiger partial charge in [-0.25, -0.2) is 4.39 Å². The number of halogens is 1. The second kappa shape index (κ2) is 7.47. The Balaban J connectivity index is 1.56. The Morgan fingerprint density at radius 2 is 1.80 bits per heavy atom. The van der Waals surface area contributed by atoms with Crippen LogP contribution in [0.2, 0.25) is 0 Å². The van der Waals surface area contributed by atoms with Crippen molar-refractivity contribution >= 4 is 11.9 Å². The van der Waals surface area contributed by atoms with Gasteiger partial charge in [-0.2, -0.15) is 0 Å². The fourth-order valence-electron chi connectivity index (χ4n) is 3.00. The third-order valence-corrected chi connectivity index (χ3v) is 4.36. The number of rotatable bonds is 4. The molecule has 4 nitrogen and oxygen atoms in total. The summed E-state index contributed by atoms with van der Waals surface area (Å²) >= 11 is 0. The van der Waals surface area contributed by atoms with Gasteiger partial charge in [-0.1, -0.05) is 36.4 Å². The maximum absolute atomic E-state index is 12.9. The van der Waals surface area contributed by atoms with Crippen LogP contribution in [0.3, 0.4) is 0 Å². The third kappa shape index (κ3) is 4.24. The summed E-state index contributed by atoms with van der Waals surface area (Å²) in [7, 11) is 0. The van der Waals surface area contributed by atoms with E-state index in [1.54, 1.807) is 11.8 Å². The quantitative estimate of drug-likeness (QED) is 0.804. The highest BCUT2D eigenvalue weighted by molar-refractivity contribution is 5.84. The summed E-state index contributed by atoms with van der Waals surface area (Å²) in [6, 6.07) is 13.7. The summed E-state index contributed by atoms with van der Waals surface area (Å²) in [6.07, 6.45) is -0.0166. The second-order valence-corrected chi connectivity index (χ2v) is 6.21. The number of carbonyl (C=O) groups is 2. The first kappa shape index (κ1) is 17.1. The van der Waals surface area contributed by atoms with Gasteiger partial charge < -0.3 is 9.64 Å². The van der Waals surface area contributed by atoms with Crippen molar-refractivity contribution in [3.05, 3.63) is 71.0 Å². The first-order valence-corrected chi connectivity index (χ1v) is 8.32. The molecule has 25 heavy (non-hydrogen) atoms. The van der Waals surface area contributed by atoms with Crippen molar-refractivity contribution in [1.82, 2.24) is 4.90 Å². The molecule has 0 spiro atoms. The van der Waals surface area contributed by atoms with Crippen LogP contribution < -0.4 is 0 Å². The van der Waals surface area contributed by atoms with Crippen molar-refractivity contribution < 1.29 is 18.7 Å². The van der Waals surface area contributed by atoms with E-state index in [2.05, 4.69) is 6.07 Å². The van der Waals surface area contributed by atoms with Crippen molar-refractivity contribution in [3.8, 4) is 0 Å². The van der Waals surface area contributed by atoms with E-state index < -0.39 is 12.1 Å². The second-order valence-electron chi connectivity index (χ2n) is 6.21. The number of ether oxygens (including phenoxy) is 1. The molecule has 2 aromatic carbocycles. The van der Waals surface area contributed by atoms with E-state index in [0.29, 0.717) is 18.7 Å². The Morgan fingerprint density at radius 1 is 1.12 bits per heavy atom. The summed E-state index contributed by atoms with van der Waals surface area (Å²) in [5.74, 6) is -1.04. The van der Waals surface area contributed by atoms with Gasteiger partial charge in [0.25, 0.3) is 5.91 Å². The molecule has 0 fully saturated rings. The summed E-state index contributed by atoms with van der Waals surface area (Å²) in [4.78, 5) is 26.3. The summed E-state index contributed by atoms with van der Waals surface area (Å²) in [5, 5.41) is 0.